The zero-order valence-corrected chi connectivity index (χ0v) is 13.8. The molecule has 8 atom stereocenters. The number of rotatable bonds is 0. The first-order valence-corrected chi connectivity index (χ1v) is 9.02. The van der Waals surface area contributed by atoms with E-state index in [1.807, 2.05) is 6.08 Å². The Bertz CT molecular complexity index is 530. The molecule has 3 heteroatoms. The van der Waals surface area contributed by atoms with Gasteiger partial charge in [0.05, 0.1) is 6.10 Å². The second kappa shape index (κ2) is 4.67. The van der Waals surface area contributed by atoms with Crippen LogP contribution in [-0.4, -0.2) is 23.0 Å². The van der Waals surface area contributed by atoms with E-state index in [1.54, 1.807) is 0 Å². The van der Waals surface area contributed by atoms with Crippen LogP contribution in [0.3, 0.4) is 0 Å². The number of ketones is 1. The number of carbonyl (C=O) groups excluding carboxylic acids is 1. The molecule has 4 rings (SSSR count). The molecule has 3 saturated carbocycles. The van der Waals surface area contributed by atoms with Gasteiger partial charge in [0.15, 0.2) is 5.78 Å². The molecule has 22 heavy (non-hydrogen) atoms. The molecular weight excluding hydrogens is 274 g/mol. The summed E-state index contributed by atoms with van der Waals surface area (Å²) in [5, 5.41) is 10.3. The number of allylic oxidation sites excluding steroid dienone is 2. The Morgan fingerprint density at radius 2 is 2.00 bits per heavy atom. The zero-order chi connectivity index (χ0) is 15.7. The lowest BCUT2D eigenvalue weighted by molar-refractivity contribution is -0.121. The molecule has 0 saturated heterocycles. The summed E-state index contributed by atoms with van der Waals surface area (Å²) in [5.74, 6) is 2.71. The maximum Gasteiger partial charge on any atom is 0.155 e. The number of aliphatic hydroxyl groups excluding tert-OH is 1. The fourth-order valence-electron chi connectivity index (χ4n) is 6.69. The summed E-state index contributed by atoms with van der Waals surface area (Å²) in [6, 6.07) is -0.0625. The van der Waals surface area contributed by atoms with Crippen LogP contribution in [0.2, 0.25) is 0 Å². The number of carbonyl (C=O) groups is 1. The molecule has 0 bridgehead atoms. The molecule has 0 aromatic rings. The Morgan fingerprint density at radius 1 is 1.23 bits per heavy atom. The minimum absolute atomic E-state index is 0.0625. The highest BCUT2D eigenvalue weighted by atomic mass is 16.3. The Morgan fingerprint density at radius 3 is 2.77 bits per heavy atom. The van der Waals surface area contributed by atoms with Crippen molar-refractivity contribution in [2.24, 2.45) is 40.2 Å². The fourth-order valence-corrected chi connectivity index (χ4v) is 6.69. The standard InChI is InChI=1S/C19H29NO2/c1-18-7-5-12(21)9-11(18)3-4-13-14(18)6-8-19(2)15(13)10-16(22)17(19)20/h5,7,11,13-17,22H,3-4,6,8-10,20H2,1-2H3/t11?,13-,14+,15+,16-,17-,18+,19+/m1/s1. The van der Waals surface area contributed by atoms with Gasteiger partial charge in [0.2, 0.25) is 0 Å². The van der Waals surface area contributed by atoms with Gasteiger partial charge < -0.3 is 10.8 Å². The number of hydrogen-bond acceptors (Lipinski definition) is 3. The van der Waals surface area contributed by atoms with E-state index in [-0.39, 0.29) is 23.0 Å². The van der Waals surface area contributed by atoms with Crippen molar-refractivity contribution >= 4 is 5.78 Å². The molecule has 0 radical (unpaired) electrons. The van der Waals surface area contributed by atoms with Crippen molar-refractivity contribution in [3.8, 4) is 0 Å². The molecule has 3 fully saturated rings. The van der Waals surface area contributed by atoms with Gasteiger partial charge in [-0.25, -0.2) is 0 Å². The minimum Gasteiger partial charge on any atom is -0.391 e. The van der Waals surface area contributed by atoms with E-state index >= 15 is 0 Å². The summed E-state index contributed by atoms with van der Waals surface area (Å²) in [6.07, 6.45) is 10.0. The third-order valence-electron chi connectivity index (χ3n) is 8.15. The zero-order valence-electron chi connectivity index (χ0n) is 13.8. The lowest BCUT2D eigenvalue weighted by Gasteiger charge is -2.58. The van der Waals surface area contributed by atoms with Gasteiger partial charge >= 0.3 is 0 Å². The molecule has 0 aromatic carbocycles. The van der Waals surface area contributed by atoms with Crippen LogP contribution < -0.4 is 5.73 Å². The Labute approximate surface area is 133 Å². The summed E-state index contributed by atoms with van der Waals surface area (Å²) in [6.45, 7) is 4.69. The summed E-state index contributed by atoms with van der Waals surface area (Å²) in [5.41, 5.74) is 6.65. The van der Waals surface area contributed by atoms with E-state index < -0.39 is 0 Å². The Balaban J connectivity index is 1.68. The lowest BCUT2D eigenvalue weighted by atomic mass is 9.46. The highest BCUT2D eigenvalue weighted by molar-refractivity contribution is 5.91. The first kappa shape index (κ1) is 14.9. The van der Waals surface area contributed by atoms with Crippen molar-refractivity contribution in [2.45, 2.75) is 64.5 Å². The van der Waals surface area contributed by atoms with Crippen LogP contribution in [0.5, 0.6) is 0 Å². The van der Waals surface area contributed by atoms with Gasteiger partial charge in [-0.2, -0.15) is 0 Å². The van der Waals surface area contributed by atoms with Crippen LogP contribution in [0.25, 0.3) is 0 Å². The lowest BCUT2D eigenvalue weighted by Crippen LogP contribution is -2.54. The van der Waals surface area contributed by atoms with Gasteiger partial charge in [-0.05, 0) is 72.7 Å². The molecule has 0 aliphatic heterocycles. The monoisotopic (exact) mass is 303 g/mol. The Kier molecular flexibility index (Phi) is 3.16. The second-order valence-corrected chi connectivity index (χ2v) is 8.89. The number of hydrogen-bond donors (Lipinski definition) is 2. The highest BCUT2D eigenvalue weighted by Crippen LogP contribution is 2.64. The van der Waals surface area contributed by atoms with Gasteiger partial charge in [0.25, 0.3) is 0 Å². The van der Waals surface area contributed by atoms with E-state index in [2.05, 4.69) is 19.9 Å². The molecule has 4 aliphatic rings. The largest absolute Gasteiger partial charge is 0.391 e. The number of fused-ring (bicyclic) bond motifs is 5. The summed E-state index contributed by atoms with van der Waals surface area (Å²) >= 11 is 0. The van der Waals surface area contributed by atoms with Crippen molar-refractivity contribution in [3.05, 3.63) is 12.2 Å². The first-order chi connectivity index (χ1) is 10.4. The van der Waals surface area contributed by atoms with Gasteiger partial charge in [-0.1, -0.05) is 19.9 Å². The average Bonchev–Trinajstić information content (AvgIpc) is 2.72. The molecule has 3 nitrogen and oxygen atoms in total. The van der Waals surface area contributed by atoms with Crippen molar-refractivity contribution in [1.82, 2.24) is 0 Å². The summed E-state index contributed by atoms with van der Waals surface area (Å²) < 4.78 is 0. The van der Waals surface area contributed by atoms with Crippen LogP contribution in [0.15, 0.2) is 12.2 Å². The van der Waals surface area contributed by atoms with Crippen molar-refractivity contribution in [2.75, 3.05) is 0 Å². The maximum atomic E-state index is 11.8. The van der Waals surface area contributed by atoms with Crippen LogP contribution in [0.1, 0.15) is 52.4 Å². The van der Waals surface area contributed by atoms with Crippen molar-refractivity contribution in [1.29, 1.82) is 0 Å². The molecule has 1 unspecified atom stereocenters. The van der Waals surface area contributed by atoms with Crippen LogP contribution >= 0.6 is 0 Å². The predicted molar refractivity (Wildman–Crippen MR) is 86.0 cm³/mol. The van der Waals surface area contributed by atoms with E-state index in [4.69, 9.17) is 5.73 Å². The average molecular weight is 303 g/mol. The molecule has 122 valence electrons. The predicted octanol–water partition coefficient (Wildman–Crippen LogP) is 2.67. The Hall–Kier alpha value is -0.670. The summed E-state index contributed by atoms with van der Waals surface area (Å²) in [7, 11) is 0. The van der Waals surface area contributed by atoms with E-state index in [1.165, 1.54) is 12.8 Å². The normalized spacial score (nSPS) is 57.2. The maximum absolute atomic E-state index is 11.8. The number of aliphatic hydroxyl groups is 1. The first-order valence-electron chi connectivity index (χ1n) is 9.02. The summed E-state index contributed by atoms with van der Waals surface area (Å²) in [4.78, 5) is 11.8. The van der Waals surface area contributed by atoms with Gasteiger partial charge in [-0.15, -0.1) is 0 Å². The van der Waals surface area contributed by atoms with Gasteiger partial charge in [0.1, 0.15) is 0 Å². The smallest absolute Gasteiger partial charge is 0.155 e. The third-order valence-corrected chi connectivity index (χ3v) is 8.15. The third kappa shape index (κ3) is 1.78. The van der Waals surface area contributed by atoms with E-state index in [0.29, 0.717) is 29.5 Å². The van der Waals surface area contributed by atoms with E-state index in [9.17, 15) is 9.90 Å². The molecule has 0 heterocycles. The van der Waals surface area contributed by atoms with Crippen LogP contribution in [0.4, 0.5) is 0 Å². The fraction of sp³-hybridized carbons (Fsp3) is 0.842. The quantitative estimate of drug-likeness (QED) is 0.723. The number of nitrogens with two attached hydrogens (primary N) is 1. The van der Waals surface area contributed by atoms with Crippen LogP contribution in [0, 0.1) is 34.5 Å². The molecular formula is C19H29NO2. The molecule has 0 amide bonds. The second-order valence-electron chi connectivity index (χ2n) is 8.89. The topological polar surface area (TPSA) is 63.3 Å². The molecule has 0 spiro atoms. The molecule has 3 N–H and O–H groups in total. The highest BCUT2D eigenvalue weighted by Gasteiger charge is 2.60. The molecule has 4 aliphatic carbocycles. The van der Waals surface area contributed by atoms with E-state index in [0.717, 1.165) is 25.7 Å². The van der Waals surface area contributed by atoms with Gasteiger partial charge in [0, 0.05) is 12.5 Å². The molecule has 0 aromatic heterocycles. The van der Waals surface area contributed by atoms with Crippen LogP contribution in [-0.2, 0) is 4.79 Å². The SMILES string of the molecule is C[C@]12CC[C@H]3[C@@H](CCC4CC(=O)C=C[C@@]43C)[C@@H]1C[C@@H](O)[C@H]2N. The van der Waals surface area contributed by atoms with Crippen molar-refractivity contribution < 1.29 is 9.90 Å². The van der Waals surface area contributed by atoms with Gasteiger partial charge in [-0.3, -0.25) is 4.79 Å². The van der Waals surface area contributed by atoms with Crippen molar-refractivity contribution in [3.63, 3.8) is 0 Å². The minimum atomic E-state index is -0.331.